The van der Waals surface area contributed by atoms with Gasteiger partial charge in [0.1, 0.15) is 17.9 Å². The molecule has 10 heteroatoms. The first-order valence-corrected chi connectivity index (χ1v) is 11.7. The predicted molar refractivity (Wildman–Crippen MR) is 118 cm³/mol. The standard InChI is InChI=1S/C21H19Cl2NO6S/c1-13-8-20-16(11-17(13)22)14(9-21(25)30-20)12-29-19-3-2-15(10-18(19)23)31(26,27)24-4-6-28-7-5-24/h2-3,8-11H,4-7,12H2,1H3. The summed E-state index contributed by atoms with van der Waals surface area (Å²) >= 11 is 12.5. The van der Waals surface area contributed by atoms with Gasteiger partial charge in [-0.05, 0) is 42.8 Å². The lowest BCUT2D eigenvalue weighted by molar-refractivity contribution is 0.0730. The van der Waals surface area contributed by atoms with E-state index < -0.39 is 15.6 Å². The van der Waals surface area contributed by atoms with Crippen molar-refractivity contribution in [3.8, 4) is 5.75 Å². The van der Waals surface area contributed by atoms with Crippen molar-refractivity contribution in [3.05, 3.63) is 68.0 Å². The molecule has 0 aliphatic carbocycles. The van der Waals surface area contributed by atoms with Crippen LogP contribution in [0.1, 0.15) is 11.1 Å². The molecule has 0 radical (unpaired) electrons. The molecule has 0 unspecified atom stereocenters. The third-order valence-electron chi connectivity index (χ3n) is 5.00. The first kappa shape index (κ1) is 22.1. The van der Waals surface area contributed by atoms with Crippen LogP contribution in [-0.4, -0.2) is 39.0 Å². The van der Waals surface area contributed by atoms with Crippen molar-refractivity contribution in [2.24, 2.45) is 0 Å². The molecule has 0 N–H and O–H groups in total. The largest absolute Gasteiger partial charge is 0.487 e. The molecule has 0 saturated carbocycles. The van der Waals surface area contributed by atoms with Crippen LogP contribution in [0.3, 0.4) is 0 Å². The maximum absolute atomic E-state index is 12.8. The van der Waals surface area contributed by atoms with Gasteiger partial charge in [0, 0.05) is 35.1 Å². The van der Waals surface area contributed by atoms with Gasteiger partial charge in [-0.3, -0.25) is 0 Å². The van der Waals surface area contributed by atoms with E-state index in [4.69, 9.17) is 37.1 Å². The van der Waals surface area contributed by atoms with Gasteiger partial charge in [0.2, 0.25) is 10.0 Å². The molecule has 1 saturated heterocycles. The Morgan fingerprint density at radius 1 is 1.06 bits per heavy atom. The molecule has 4 rings (SSSR count). The maximum Gasteiger partial charge on any atom is 0.336 e. The van der Waals surface area contributed by atoms with Crippen molar-refractivity contribution in [1.82, 2.24) is 4.31 Å². The Morgan fingerprint density at radius 3 is 2.52 bits per heavy atom. The number of benzene rings is 2. The fourth-order valence-electron chi connectivity index (χ4n) is 3.32. The van der Waals surface area contributed by atoms with Crippen LogP contribution >= 0.6 is 23.2 Å². The molecular weight excluding hydrogens is 465 g/mol. The number of aryl methyl sites for hydroxylation is 1. The molecule has 7 nitrogen and oxygen atoms in total. The number of rotatable bonds is 5. The average Bonchev–Trinajstić information content (AvgIpc) is 2.74. The molecule has 1 fully saturated rings. The minimum absolute atomic E-state index is 0.0246. The Bertz CT molecular complexity index is 1300. The Balaban J connectivity index is 1.59. The summed E-state index contributed by atoms with van der Waals surface area (Å²) in [6.07, 6.45) is 0. The third kappa shape index (κ3) is 4.58. The normalized spacial score (nSPS) is 15.3. The summed E-state index contributed by atoms with van der Waals surface area (Å²) in [5.74, 6) is 0.294. The molecule has 1 aliphatic rings. The molecular formula is C21H19Cl2NO6S. The summed E-state index contributed by atoms with van der Waals surface area (Å²) in [6.45, 7) is 3.15. The summed E-state index contributed by atoms with van der Waals surface area (Å²) < 4.78 is 43.2. The Morgan fingerprint density at radius 2 is 1.81 bits per heavy atom. The molecule has 0 amide bonds. The molecule has 2 heterocycles. The average molecular weight is 484 g/mol. The smallest absolute Gasteiger partial charge is 0.336 e. The zero-order valence-electron chi connectivity index (χ0n) is 16.6. The second-order valence-electron chi connectivity index (χ2n) is 7.09. The fraction of sp³-hybridized carbons (Fsp3) is 0.286. The molecule has 1 aromatic heterocycles. The summed E-state index contributed by atoms with van der Waals surface area (Å²) in [5, 5.41) is 1.34. The first-order valence-electron chi connectivity index (χ1n) is 9.49. The number of ether oxygens (including phenoxy) is 2. The molecule has 3 aromatic rings. The number of nitrogens with zero attached hydrogens (tertiary/aromatic N) is 1. The van der Waals surface area contributed by atoms with E-state index in [1.807, 2.05) is 6.92 Å². The summed E-state index contributed by atoms with van der Waals surface area (Å²) in [4.78, 5) is 12.0. The van der Waals surface area contributed by atoms with Crippen LogP contribution in [0.15, 0.2) is 50.5 Å². The van der Waals surface area contributed by atoms with E-state index in [0.29, 0.717) is 53.6 Å². The molecule has 0 bridgehead atoms. The highest BCUT2D eigenvalue weighted by Crippen LogP contribution is 2.31. The molecule has 2 aromatic carbocycles. The summed E-state index contributed by atoms with van der Waals surface area (Å²) in [5.41, 5.74) is 1.27. The number of morpholine rings is 1. The van der Waals surface area contributed by atoms with E-state index in [2.05, 4.69) is 0 Å². The lowest BCUT2D eigenvalue weighted by Crippen LogP contribution is -2.40. The molecule has 31 heavy (non-hydrogen) atoms. The topological polar surface area (TPSA) is 86.0 Å². The quantitative estimate of drug-likeness (QED) is 0.509. The van der Waals surface area contributed by atoms with Crippen LogP contribution in [0.5, 0.6) is 5.75 Å². The van der Waals surface area contributed by atoms with Gasteiger partial charge in [-0.1, -0.05) is 23.2 Å². The van der Waals surface area contributed by atoms with Gasteiger partial charge in [-0.2, -0.15) is 4.31 Å². The minimum atomic E-state index is -3.67. The van der Waals surface area contributed by atoms with Gasteiger partial charge in [0.25, 0.3) is 0 Å². The minimum Gasteiger partial charge on any atom is -0.487 e. The van der Waals surface area contributed by atoms with Gasteiger partial charge in [-0.25, -0.2) is 13.2 Å². The molecule has 1 aliphatic heterocycles. The van der Waals surface area contributed by atoms with E-state index in [-0.39, 0.29) is 16.5 Å². The highest BCUT2D eigenvalue weighted by atomic mass is 35.5. The van der Waals surface area contributed by atoms with Gasteiger partial charge < -0.3 is 13.9 Å². The van der Waals surface area contributed by atoms with Crippen LogP contribution in [0.2, 0.25) is 10.0 Å². The Labute approximate surface area is 189 Å². The number of hydrogen-bond acceptors (Lipinski definition) is 6. The lowest BCUT2D eigenvalue weighted by Gasteiger charge is -2.26. The second kappa shape index (κ2) is 8.80. The third-order valence-corrected chi connectivity index (χ3v) is 7.60. The highest BCUT2D eigenvalue weighted by molar-refractivity contribution is 7.89. The summed E-state index contributed by atoms with van der Waals surface area (Å²) in [7, 11) is -3.67. The SMILES string of the molecule is Cc1cc2oc(=O)cc(COc3ccc(S(=O)(=O)N4CCOCC4)cc3Cl)c2cc1Cl. The molecule has 164 valence electrons. The van der Waals surface area contributed by atoms with E-state index in [9.17, 15) is 13.2 Å². The Kier molecular flexibility index (Phi) is 6.27. The second-order valence-corrected chi connectivity index (χ2v) is 9.84. The van der Waals surface area contributed by atoms with Crippen molar-refractivity contribution in [2.45, 2.75) is 18.4 Å². The highest BCUT2D eigenvalue weighted by Gasteiger charge is 2.27. The first-order chi connectivity index (χ1) is 14.8. The van der Waals surface area contributed by atoms with E-state index >= 15 is 0 Å². The predicted octanol–water partition coefficient (Wildman–Crippen LogP) is 4.01. The van der Waals surface area contributed by atoms with Crippen LogP contribution < -0.4 is 10.4 Å². The van der Waals surface area contributed by atoms with Gasteiger partial charge in [0.15, 0.2) is 0 Å². The number of halogens is 2. The summed E-state index contributed by atoms with van der Waals surface area (Å²) in [6, 6.07) is 9.05. The number of hydrogen-bond donors (Lipinski definition) is 0. The number of sulfonamides is 1. The zero-order valence-corrected chi connectivity index (χ0v) is 18.9. The van der Waals surface area contributed by atoms with Crippen molar-refractivity contribution in [1.29, 1.82) is 0 Å². The maximum atomic E-state index is 12.8. The van der Waals surface area contributed by atoms with Gasteiger partial charge >= 0.3 is 5.63 Å². The fourth-order valence-corrected chi connectivity index (χ4v) is 5.22. The molecule has 0 spiro atoms. The van der Waals surface area contributed by atoms with Crippen LogP contribution in [0.25, 0.3) is 11.0 Å². The van der Waals surface area contributed by atoms with Crippen molar-refractivity contribution in [2.75, 3.05) is 26.3 Å². The monoisotopic (exact) mass is 483 g/mol. The van der Waals surface area contributed by atoms with Crippen LogP contribution in [0, 0.1) is 6.92 Å². The van der Waals surface area contributed by atoms with Crippen molar-refractivity contribution in [3.63, 3.8) is 0 Å². The lowest BCUT2D eigenvalue weighted by atomic mass is 10.1. The van der Waals surface area contributed by atoms with Crippen LogP contribution in [0.4, 0.5) is 0 Å². The van der Waals surface area contributed by atoms with E-state index in [1.54, 1.807) is 12.1 Å². The van der Waals surface area contributed by atoms with E-state index in [0.717, 1.165) is 5.56 Å². The molecule has 0 atom stereocenters. The van der Waals surface area contributed by atoms with Crippen molar-refractivity contribution < 1.29 is 22.3 Å². The number of fused-ring (bicyclic) bond motifs is 1. The van der Waals surface area contributed by atoms with Gasteiger partial charge in [0.05, 0.1) is 23.1 Å². The zero-order chi connectivity index (χ0) is 22.2. The van der Waals surface area contributed by atoms with Crippen molar-refractivity contribution >= 4 is 44.2 Å². The van der Waals surface area contributed by atoms with E-state index in [1.165, 1.54) is 28.6 Å². The van der Waals surface area contributed by atoms with Crippen LogP contribution in [-0.2, 0) is 21.4 Å². The Hall–Kier alpha value is -2.10. The van der Waals surface area contributed by atoms with Gasteiger partial charge in [-0.15, -0.1) is 0 Å².